The van der Waals surface area contributed by atoms with Crippen LogP contribution in [-0.2, 0) is 23.7 Å². The molecular formula is C33H24F6N4O. The average Bonchev–Trinajstić information content (AvgIpc) is 3.64. The Morgan fingerprint density at radius 2 is 1.70 bits per heavy atom. The van der Waals surface area contributed by atoms with Crippen LogP contribution in [0, 0.1) is 17.6 Å². The molecule has 2 aliphatic carbocycles. The number of benzene rings is 2. The van der Waals surface area contributed by atoms with E-state index in [1.165, 1.54) is 6.20 Å². The maximum Gasteiger partial charge on any atom is 0.293 e. The van der Waals surface area contributed by atoms with Crippen LogP contribution in [0.2, 0.25) is 0 Å². The Kier molecular flexibility index (Phi) is 6.78. The molecule has 2 aliphatic rings. The Morgan fingerprint density at radius 1 is 0.955 bits per heavy atom. The van der Waals surface area contributed by atoms with Crippen LogP contribution >= 0.6 is 0 Å². The molecule has 0 aliphatic heterocycles. The lowest BCUT2D eigenvalue weighted by Gasteiger charge is -2.21. The molecule has 5 aromatic rings. The molecule has 224 valence electrons. The van der Waals surface area contributed by atoms with Gasteiger partial charge >= 0.3 is 0 Å². The number of pyridine rings is 2. The molecule has 11 heteroatoms. The third-order valence-electron chi connectivity index (χ3n) is 8.51. The van der Waals surface area contributed by atoms with E-state index < -0.39 is 65.5 Å². The van der Waals surface area contributed by atoms with Gasteiger partial charge < -0.3 is 0 Å². The highest BCUT2D eigenvalue weighted by Crippen LogP contribution is 2.68. The largest absolute Gasteiger partial charge is 0.298 e. The maximum atomic E-state index is 15.1. The van der Waals surface area contributed by atoms with Crippen LogP contribution in [0.1, 0.15) is 59.3 Å². The van der Waals surface area contributed by atoms with E-state index in [0.29, 0.717) is 11.3 Å². The number of carbonyl (C=O) groups excluding carboxylic acids is 1. The first-order valence-corrected chi connectivity index (χ1v) is 14.1. The van der Waals surface area contributed by atoms with Gasteiger partial charge in [-0.1, -0.05) is 18.2 Å². The minimum Gasteiger partial charge on any atom is -0.298 e. The summed E-state index contributed by atoms with van der Waals surface area (Å²) in [6, 6.07) is 15.9. The quantitative estimate of drug-likeness (QED) is 0.160. The number of halogens is 6. The van der Waals surface area contributed by atoms with Crippen LogP contribution in [0.3, 0.4) is 0 Å². The number of alkyl halides is 4. The fourth-order valence-electron chi connectivity index (χ4n) is 6.59. The standard InChI is InChI=1S/C33H24F6N4O/c34-21-10-17(11-22(35)14-21)9-20(29-24(4-2-8-41-29)18-5-6-27-19(12-18)3-1-7-40-27)13-23(44)16-43-31-28(30(42-43)32(36)37)25-15-26(25)33(31,38)39/h1-8,10-12,14,20,25-26,32H,9,13,15-16H2/t20-,25?,26?/m1/s1. The second kappa shape index (κ2) is 10.6. The second-order valence-corrected chi connectivity index (χ2v) is 11.4. The molecule has 0 saturated heterocycles. The molecule has 0 amide bonds. The van der Waals surface area contributed by atoms with Gasteiger partial charge in [-0.05, 0) is 66.3 Å². The highest BCUT2D eigenvalue weighted by atomic mass is 19.3. The zero-order chi connectivity index (χ0) is 30.7. The van der Waals surface area contributed by atoms with Crippen LogP contribution < -0.4 is 0 Å². The van der Waals surface area contributed by atoms with E-state index in [-0.39, 0.29) is 30.4 Å². The molecule has 2 aromatic carbocycles. The van der Waals surface area contributed by atoms with Gasteiger partial charge in [0.1, 0.15) is 29.6 Å². The second-order valence-electron chi connectivity index (χ2n) is 11.4. The summed E-state index contributed by atoms with van der Waals surface area (Å²) >= 11 is 0. The lowest BCUT2D eigenvalue weighted by atomic mass is 9.86. The van der Waals surface area contributed by atoms with Gasteiger partial charge in [-0.2, -0.15) is 13.9 Å². The fraction of sp³-hybridized carbons (Fsp3) is 0.273. The van der Waals surface area contributed by atoms with E-state index in [1.54, 1.807) is 18.3 Å². The number of nitrogens with zero attached hydrogens (tertiary/aromatic N) is 4. The molecule has 1 fully saturated rings. The number of ketones is 1. The van der Waals surface area contributed by atoms with Crippen molar-refractivity contribution in [3.05, 3.63) is 113 Å². The number of Topliss-reactive ketones (excluding diaryl/α,β-unsaturated/α-hetero) is 1. The molecule has 0 spiro atoms. The Bertz CT molecular complexity index is 1900. The fourth-order valence-corrected chi connectivity index (χ4v) is 6.59. The molecule has 2 unspecified atom stereocenters. The lowest BCUT2D eigenvalue weighted by Crippen LogP contribution is -2.24. The number of hydrogen-bond donors (Lipinski definition) is 0. The van der Waals surface area contributed by atoms with E-state index in [0.717, 1.165) is 39.3 Å². The molecule has 5 nitrogen and oxygen atoms in total. The summed E-state index contributed by atoms with van der Waals surface area (Å²) in [4.78, 5) is 22.5. The summed E-state index contributed by atoms with van der Waals surface area (Å²) < 4.78 is 86.8. The number of fused-ring (bicyclic) bond motifs is 4. The molecule has 0 bridgehead atoms. The predicted molar refractivity (Wildman–Crippen MR) is 149 cm³/mol. The molecular weight excluding hydrogens is 582 g/mol. The Labute approximate surface area is 247 Å². The topological polar surface area (TPSA) is 60.7 Å². The van der Waals surface area contributed by atoms with Crippen molar-refractivity contribution in [2.45, 2.75) is 50.0 Å². The maximum absolute atomic E-state index is 15.1. The van der Waals surface area contributed by atoms with E-state index in [9.17, 15) is 22.4 Å². The van der Waals surface area contributed by atoms with Gasteiger partial charge in [-0.3, -0.25) is 19.4 Å². The number of carbonyl (C=O) groups is 1. The first kappa shape index (κ1) is 28.2. The molecule has 3 atom stereocenters. The van der Waals surface area contributed by atoms with Gasteiger partial charge in [0, 0.05) is 53.2 Å². The molecule has 7 rings (SSSR count). The summed E-state index contributed by atoms with van der Waals surface area (Å²) in [5, 5.41) is 4.63. The summed E-state index contributed by atoms with van der Waals surface area (Å²) in [5.74, 6) is -7.99. The van der Waals surface area contributed by atoms with Crippen molar-refractivity contribution in [3.63, 3.8) is 0 Å². The average molecular weight is 607 g/mol. The lowest BCUT2D eigenvalue weighted by molar-refractivity contribution is -0.120. The van der Waals surface area contributed by atoms with Crippen LogP contribution in [0.4, 0.5) is 26.3 Å². The van der Waals surface area contributed by atoms with Gasteiger partial charge in [0.05, 0.1) is 11.2 Å². The van der Waals surface area contributed by atoms with Crippen molar-refractivity contribution >= 4 is 16.7 Å². The SMILES string of the molecule is O=C(C[C@@H](Cc1cc(F)cc(F)c1)c1ncccc1-c1ccc2ncccc2c1)Cn1nc(C(F)F)c2c1C(F)(F)C1CC21. The number of aromatic nitrogens is 4. The van der Waals surface area contributed by atoms with Gasteiger partial charge in [-0.25, -0.2) is 17.6 Å². The van der Waals surface area contributed by atoms with Gasteiger partial charge in [0.2, 0.25) is 0 Å². The molecule has 3 aromatic heterocycles. The molecule has 3 heterocycles. The Balaban J connectivity index is 1.25. The molecule has 44 heavy (non-hydrogen) atoms. The highest BCUT2D eigenvalue weighted by molar-refractivity contribution is 5.85. The first-order chi connectivity index (χ1) is 21.1. The third kappa shape index (κ3) is 4.93. The smallest absolute Gasteiger partial charge is 0.293 e. The predicted octanol–water partition coefficient (Wildman–Crippen LogP) is 7.90. The molecule has 0 radical (unpaired) electrons. The van der Waals surface area contributed by atoms with Crippen molar-refractivity contribution in [1.29, 1.82) is 0 Å². The zero-order valence-corrected chi connectivity index (χ0v) is 23.0. The van der Waals surface area contributed by atoms with Crippen LogP contribution in [0.15, 0.2) is 73.1 Å². The van der Waals surface area contributed by atoms with E-state index >= 15 is 8.78 Å². The van der Waals surface area contributed by atoms with Crippen LogP contribution in [0.25, 0.3) is 22.0 Å². The minimum absolute atomic E-state index is 0.000619. The van der Waals surface area contributed by atoms with Crippen molar-refractivity contribution in [3.8, 4) is 11.1 Å². The summed E-state index contributed by atoms with van der Waals surface area (Å²) in [6.07, 6.45) is -0.00549. The minimum atomic E-state index is -3.36. The first-order valence-electron chi connectivity index (χ1n) is 14.1. The Hall–Kier alpha value is -4.54. The van der Waals surface area contributed by atoms with Crippen molar-refractivity contribution in [1.82, 2.24) is 19.7 Å². The molecule has 1 saturated carbocycles. The highest BCUT2D eigenvalue weighted by Gasteiger charge is 2.67. The van der Waals surface area contributed by atoms with Crippen LogP contribution in [-0.4, -0.2) is 25.5 Å². The van der Waals surface area contributed by atoms with Crippen molar-refractivity contribution in [2.75, 3.05) is 0 Å². The normalized spacial score (nSPS) is 18.8. The molecule has 0 N–H and O–H groups in total. The van der Waals surface area contributed by atoms with Gasteiger partial charge in [-0.15, -0.1) is 0 Å². The summed E-state index contributed by atoms with van der Waals surface area (Å²) in [7, 11) is 0. The summed E-state index contributed by atoms with van der Waals surface area (Å²) in [5.41, 5.74) is 1.46. The van der Waals surface area contributed by atoms with Crippen LogP contribution in [0.5, 0.6) is 0 Å². The van der Waals surface area contributed by atoms with Crippen molar-refractivity contribution < 1.29 is 31.1 Å². The van der Waals surface area contributed by atoms with Gasteiger partial charge in [0.25, 0.3) is 12.3 Å². The number of hydrogen-bond acceptors (Lipinski definition) is 4. The van der Waals surface area contributed by atoms with Gasteiger partial charge in [0.15, 0.2) is 5.78 Å². The Morgan fingerprint density at radius 3 is 2.48 bits per heavy atom. The summed E-state index contributed by atoms with van der Waals surface area (Å²) in [6.45, 7) is -0.651. The zero-order valence-electron chi connectivity index (χ0n) is 23.0. The number of rotatable bonds is 9. The monoisotopic (exact) mass is 606 g/mol. The van der Waals surface area contributed by atoms with E-state index in [4.69, 9.17) is 0 Å². The van der Waals surface area contributed by atoms with E-state index in [2.05, 4.69) is 15.1 Å². The van der Waals surface area contributed by atoms with E-state index in [1.807, 2.05) is 30.3 Å². The third-order valence-corrected chi connectivity index (χ3v) is 8.51. The van der Waals surface area contributed by atoms with Crippen molar-refractivity contribution in [2.24, 2.45) is 5.92 Å².